The van der Waals surface area contributed by atoms with Gasteiger partial charge in [-0.15, -0.1) is 5.10 Å². The Morgan fingerprint density at radius 3 is 2.73 bits per heavy atom. The maximum Gasteiger partial charge on any atom is 0.264 e. The highest BCUT2D eigenvalue weighted by molar-refractivity contribution is 6.25. The SMILES string of the molecule is CNCCCn1cc(COCCOCCNc2cccc3c2C(=O)N(C2CCC(=O)NC2=O)C3=O)nn1. The van der Waals surface area contributed by atoms with Crippen molar-refractivity contribution in [1.82, 2.24) is 30.5 Å². The van der Waals surface area contributed by atoms with Crippen LogP contribution in [0, 0.1) is 0 Å². The Kier molecular flexibility index (Phi) is 8.93. The summed E-state index contributed by atoms with van der Waals surface area (Å²) in [6, 6.07) is 3.93. The number of hydrogen-bond acceptors (Lipinski definition) is 10. The number of ether oxygens (including phenoxy) is 2. The van der Waals surface area contributed by atoms with E-state index in [4.69, 9.17) is 9.47 Å². The number of anilines is 1. The Morgan fingerprint density at radius 2 is 1.92 bits per heavy atom. The molecule has 1 fully saturated rings. The van der Waals surface area contributed by atoms with Gasteiger partial charge in [-0.2, -0.15) is 0 Å². The lowest BCUT2D eigenvalue weighted by molar-refractivity contribution is -0.136. The Morgan fingerprint density at radius 1 is 1.08 bits per heavy atom. The first-order valence-corrected chi connectivity index (χ1v) is 12.3. The van der Waals surface area contributed by atoms with E-state index in [0.29, 0.717) is 38.7 Å². The van der Waals surface area contributed by atoms with Gasteiger partial charge in [0.2, 0.25) is 11.8 Å². The summed E-state index contributed by atoms with van der Waals surface area (Å²) >= 11 is 0. The zero-order valence-electron chi connectivity index (χ0n) is 20.7. The summed E-state index contributed by atoms with van der Waals surface area (Å²) in [6.45, 7) is 3.59. The summed E-state index contributed by atoms with van der Waals surface area (Å²) < 4.78 is 13.0. The van der Waals surface area contributed by atoms with Gasteiger partial charge in [0, 0.05) is 25.2 Å². The molecule has 2 aliphatic rings. The lowest BCUT2D eigenvalue weighted by atomic mass is 10.0. The second-order valence-electron chi connectivity index (χ2n) is 8.70. The van der Waals surface area contributed by atoms with Gasteiger partial charge in [-0.05, 0) is 38.6 Å². The van der Waals surface area contributed by atoms with Gasteiger partial charge in [0.1, 0.15) is 11.7 Å². The first-order valence-electron chi connectivity index (χ1n) is 12.3. The molecule has 0 aliphatic carbocycles. The van der Waals surface area contributed by atoms with E-state index >= 15 is 0 Å². The molecule has 1 aromatic heterocycles. The van der Waals surface area contributed by atoms with Gasteiger partial charge in [0.25, 0.3) is 11.8 Å². The highest BCUT2D eigenvalue weighted by Gasteiger charge is 2.45. The molecule has 4 rings (SSSR count). The van der Waals surface area contributed by atoms with Crippen molar-refractivity contribution in [2.24, 2.45) is 0 Å². The standard InChI is InChI=1S/C24H31N7O6/c1-25-8-3-10-30-14-16(28-29-30)15-37-13-12-36-11-9-26-18-5-2-4-17-21(18)24(35)31(23(17)34)19-6-7-20(32)27-22(19)33/h2,4-5,14,19,25-26H,3,6-13,15H2,1H3,(H,27,32,33). The third-order valence-electron chi connectivity index (χ3n) is 6.05. The van der Waals surface area contributed by atoms with Crippen LogP contribution in [0.5, 0.6) is 0 Å². The highest BCUT2D eigenvalue weighted by atomic mass is 16.5. The number of nitrogens with one attached hydrogen (secondary N) is 3. The smallest absolute Gasteiger partial charge is 0.264 e. The number of piperidine rings is 1. The monoisotopic (exact) mass is 513 g/mol. The van der Waals surface area contributed by atoms with Crippen LogP contribution in [0.3, 0.4) is 0 Å². The minimum atomic E-state index is -0.996. The van der Waals surface area contributed by atoms with Crippen molar-refractivity contribution in [3.8, 4) is 0 Å². The molecule has 3 heterocycles. The predicted molar refractivity (Wildman–Crippen MR) is 131 cm³/mol. The fourth-order valence-electron chi connectivity index (χ4n) is 4.25. The molecule has 1 aromatic carbocycles. The van der Waals surface area contributed by atoms with Crippen LogP contribution in [0.1, 0.15) is 45.7 Å². The number of fused-ring (bicyclic) bond motifs is 1. The third-order valence-corrected chi connectivity index (χ3v) is 6.05. The van der Waals surface area contributed by atoms with Gasteiger partial charge in [-0.25, -0.2) is 0 Å². The molecule has 0 radical (unpaired) electrons. The lowest BCUT2D eigenvalue weighted by Crippen LogP contribution is -2.54. The van der Waals surface area contributed by atoms with E-state index in [2.05, 4.69) is 26.3 Å². The van der Waals surface area contributed by atoms with Crippen molar-refractivity contribution < 1.29 is 28.7 Å². The van der Waals surface area contributed by atoms with Crippen LogP contribution >= 0.6 is 0 Å². The summed E-state index contributed by atoms with van der Waals surface area (Å²) in [5, 5.41) is 16.6. The maximum absolute atomic E-state index is 13.1. The molecular formula is C24H31N7O6. The van der Waals surface area contributed by atoms with Gasteiger partial charge in [-0.3, -0.25) is 34.1 Å². The van der Waals surface area contributed by atoms with Gasteiger partial charge in [0.05, 0.1) is 43.8 Å². The molecule has 1 saturated heterocycles. The van der Waals surface area contributed by atoms with Crippen molar-refractivity contribution in [3.63, 3.8) is 0 Å². The Bertz CT molecular complexity index is 1150. The summed E-state index contributed by atoms with van der Waals surface area (Å²) in [4.78, 5) is 50.6. The van der Waals surface area contributed by atoms with Crippen molar-refractivity contribution >= 4 is 29.3 Å². The zero-order valence-corrected chi connectivity index (χ0v) is 20.7. The van der Waals surface area contributed by atoms with Crippen LogP contribution in [0.15, 0.2) is 24.4 Å². The molecule has 37 heavy (non-hydrogen) atoms. The molecule has 2 aliphatic heterocycles. The Labute approximate surface area is 213 Å². The second kappa shape index (κ2) is 12.5. The molecule has 0 spiro atoms. The van der Waals surface area contributed by atoms with Crippen LogP contribution in [0.25, 0.3) is 0 Å². The Hall–Kier alpha value is -3.68. The van der Waals surface area contributed by atoms with Crippen LogP contribution in [-0.4, -0.2) is 89.5 Å². The Balaban J connectivity index is 1.18. The average molecular weight is 514 g/mol. The number of aromatic nitrogens is 3. The van der Waals surface area contributed by atoms with Gasteiger partial charge < -0.3 is 20.1 Å². The number of rotatable bonds is 14. The molecule has 3 N–H and O–H groups in total. The third kappa shape index (κ3) is 6.37. The minimum absolute atomic E-state index is 0.0765. The number of benzene rings is 1. The van der Waals surface area contributed by atoms with Crippen molar-refractivity contribution in [1.29, 1.82) is 0 Å². The normalized spacial score (nSPS) is 17.3. The number of carbonyl (C=O) groups excluding carboxylic acids is 4. The largest absolute Gasteiger partial charge is 0.382 e. The quantitative estimate of drug-likeness (QED) is 0.231. The zero-order chi connectivity index (χ0) is 26.2. The van der Waals surface area contributed by atoms with E-state index in [1.807, 2.05) is 13.2 Å². The summed E-state index contributed by atoms with van der Waals surface area (Å²) in [6.07, 6.45) is 3.03. The minimum Gasteiger partial charge on any atom is -0.382 e. The first-order chi connectivity index (χ1) is 18.0. The van der Waals surface area contributed by atoms with Crippen LogP contribution in [0.4, 0.5) is 5.69 Å². The number of nitrogens with zero attached hydrogens (tertiary/aromatic N) is 4. The van der Waals surface area contributed by atoms with Crippen LogP contribution < -0.4 is 16.0 Å². The molecule has 1 atom stereocenters. The van der Waals surface area contributed by atoms with Gasteiger partial charge >= 0.3 is 0 Å². The van der Waals surface area contributed by atoms with Crippen molar-refractivity contribution in [2.75, 3.05) is 45.3 Å². The number of amides is 4. The second-order valence-corrected chi connectivity index (χ2v) is 8.70. The van der Waals surface area contributed by atoms with E-state index in [0.717, 1.165) is 30.1 Å². The topological polar surface area (TPSA) is 157 Å². The number of carbonyl (C=O) groups is 4. The van der Waals surface area contributed by atoms with E-state index in [-0.39, 0.29) is 24.0 Å². The average Bonchev–Trinajstić information content (AvgIpc) is 3.44. The predicted octanol–water partition coefficient (Wildman–Crippen LogP) is -0.0659. The molecule has 198 valence electrons. The molecule has 0 bridgehead atoms. The van der Waals surface area contributed by atoms with E-state index in [1.165, 1.54) is 0 Å². The van der Waals surface area contributed by atoms with Crippen LogP contribution in [-0.2, 0) is 32.2 Å². The molecular weight excluding hydrogens is 482 g/mol. The molecule has 4 amide bonds. The molecule has 2 aromatic rings. The lowest BCUT2D eigenvalue weighted by Gasteiger charge is -2.27. The molecule has 0 saturated carbocycles. The molecule has 13 heteroatoms. The van der Waals surface area contributed by atoms with E-state index in [9.17, 15) is 19.2 Å². The maximum atomic E-state index is 13.1. The highest BCUT2D eigenvalue weighted by Crippen LogP contribution is 2.32. The summed E-state index contributed by atoms with van der Waals surface area (Å²) in [7, 11) is 1.91. The number of imide groups is 2. The molecule has 1 unspecified atom stereocenters. The first kappa shape index (κ1) is 26.4. The van der Waals surface area contributed by atoms with E-state index in [1.54, 1.807) is 22.9 Å². The van der Waals surface area contributed by atoms with Crippen LogP contribution in [0.2, 0.25) is 0 Å². The fraction of sp³-hybridized carbons (Fsp3) is 0.500. The van der Waals surface area contributed by atoms with Crippen molar-refractivity contribution in [2.45, 2.75) is 38.5 Å². The summed E-state index contributed by atoms with van der Waals surface area (Å²) in [5.74, 6) is -2.13. The van der Waals surface area contributed by atoms with Crippen molar-refractivity contribution in [3.05, 3.63) is 41.2 Å². The summed E-state index contributed by atoms with van der Waals surface area (Å²) in [5.41, 5.74) is 1.70. The fourth-order valence-corrected chi connectivity index (χ4v) is 4.25. The van der Waals surface area contributed by atoms with Gasteiger partial charge in [0.15, 0.2) is 0 Å². The van der Waals surface area contributed by atoms with E-state index < -0.39 is 29.7 Å². The number of hydrogen-bond donors (Lipinski definition) is 3. The number of aryl methyl sites for hydroxylation is 1. The molecule has 13 nitrogen and oxygen atoms in total. The van der Waals surface area contributed by atoms with Gasteiger partial charge in [-0.1, -0.05) is 11.3 Å².